The van der Waals surface area contributed by atoms with Gasteiger partial charge < -0.3 is 10.6 Å². The molecule has 2 N–H and O–H groups in total. The number of amides is 1. The molecule has 0 aromatic heterocycles. The fourth-order valence-corrected chi connectivity index (χ4v) is 5.01. The summed E-state index contributed by atoms with van der Waals surface area (Å²) in [7, 11) is -4.11. The molecule has 0 radical (unpaired) electrons. The number of benzene rings is 1. The van der Waals surface area contributed by atoms with Gasteiger partial charge >= 0.3 is 0 Å². The third-order valence-electron chi connectivity index (χ3n) is 4.98. The highest BCUT2D eigenvalue weighted by molar-refractivity contribution is 7.89. The Morgan fingerprint density at radius 1 is 1.19 bits per heavy atom. The summed E-state index contributed by atoms with van der Waals surface area (Å²) < 4.78 is 53.4. The molecule has 2 fully saturated rings. The van der Waals surface area contributed by atoms with Crippen molar-refractivity contribution in [1.29, 1.82) is 0 Å². The van der Waals surface area contributed by atoms with Gasteiger partial charge in [-0.15, -0.1) is 0 Å². The van der Waals surface area contributed by atoms with Crippen LogP contribution in [0.4, 0.5) is 8.78 Å². The molecule has 0 spiro atoms. The maximum atomic E-state index is 13.8. The zero-order valence-electron chi connectivity index (χ0n) is 14.4. The van der Waals surface area contributed by atoms with Crippen LogP contribution in [0.2, 0.25) is 0 Å². The van der Waals surface area contributed by atoms with Gasteiger partial charge in [0.1, 0.15) is 16.5 Å². The van der Waals surface area contributed by atoms with Crippen molar-refractivity contribution in [3.63, 3.8) is 0 Å². The minimum Gasteiger partial charge on any atom is -0.352 e. The molecule has 26 heavy (non-hydrogen) atoms. The Hall–Kier alpha value is -1.58. The lowest BCUT2D eigenvalue weighted by molar-refractivity contribution is -0.126. The van der Waals surface area contributed by atoms with Gasteiger partial charge in [0.05, 0.1) is 0 Å². The molecule has 1 atom stereocenters. The number of sulfonamides is 1. The SMILES string of the molecule is O=C(NC1CCCNC1)C1CCN(S(=O)(=O)c2cc(F)ccc2F)CC1. The van der Waals surface area contributed by atoms with Gasteiger partial charge in [-0.1, -0.05) is 0 Å². The van der Waals surface area contributed by atoms with Crippen LogP contribution in [-0.2, 0) is 14.8 Å². The maximum Gasteiger partial charge on any atom is 0.246 e. The van der Waals surface area contributed by atoms with E-state index in [0.717, 1.165) is 42.4 Å². The molecule has 1 aromatic carbocycles. The van der Waals surface area contributed by atoms with Crippen LogP contribution in [0.3, 0.4) is 0 Å². The largest absolute Gasteiger partial charge is 0.352 e. The average molecular weight is 387 g/mol. The van der Waals surface area contributed by atoms with Gasteiger partial charge in [-0.2, -0.15) is 4.31 Å². The second kappa shape index (κ2) is 7.98. The minimum atomic E-state index is -4.11. The lowest BCUT2D eigenvalue weighted by Gasteiger charge is -2.32. The van der Waals surface area contributed by atoms with E-state index in [1.54, 1.807) is 0 Å². The van der Waals surface area contributed by atoms with E-state index in [0.29, 0.717) is 18.9 Å². The van der Waals surface area contributed by atoms with E-state index in [1.807, 2.05) is 0 Å². The molecule has 0 aliphatic carbocycles. The van der Waals surface area contributed by atoms with Crippen LogP contribution in [0.25, 0.3) is 0 Å². The Morgan fingerprint density at radius 2 is 1.92 bits per heavy atom. The Labute approximate surface area is 152 Å². The van der Waals surface area contributed by atoms with Crippen molar-refractivity contribution < 1.29 is 22.0 Å². The number of nitrogens with one attached hydrogen (secondary N) is 2. The molecule has 2 aliphatic heterocycles. The number of carbonyl (C=O) groups excluding carboxylic acids is 1. The minimum absolute atomic E-state index is 0.0623. The summed E-state index contributed by atoms with van der Waals surface area (Å²) in [5, 5.41) is 6.24. The first-order valence-corrected chi connectivity index (χ1v) is 10.3. The lowest BCUT2D eigenvalue weighted by atomic mass is 9.96. The van der Waals surface area contributed by atoms with E-state index in [9.17, 15) is 22.0 Å². The van der Waals surface area contributed by atoms with Crippen molar-refractivity contribution >= 4 is 15.9 Å². The third-order valence-corrected chi connectivity index (χ3v) is 6.89. The summed E-state index contributed by atoms with van der Waals surface area (Å²) in [5.41, 5.74) is 0. The number of hydrogen-bond acceptors (Lipinski definition) is 4. The van der Waals surface area contributed by atoms with E-state index < -0.39 is 26.6 Å². The molecule has 144 valence electrons. The number of hydrogen-bond donors (Lipinski definition) is 2. The lowest BCUT2D eigenvalue weighted by Crippen LogP contribution is -2.49. The summed E-state index contributed by atoms with van der Waals surface area (Å²) in [6, 6.07) is 2.49. The summed E-state index contributed by atoms with van der Waals surface area (Å²) in [4.78, 5) is 11.7. The van der Waals surface area contributed by atoms with Crippen molar-refractivity contribution in [3.8, 4) is 0 Å². The quantitative estimate of drug-likeness (QED) is 0.815. The maximum absolute atomic E-state index is 13.8. The topological polar surface area (TPSA) is 78.5 Å². The summed E-state index contributed by atoms with van der Waals surface area (Å²) in [6.45, 7) is 1.93. The zero-order valence-corrected chi connectivity index (χ0v) is 15.2. The molecule has 1 aromatic rings. The molecule has 3 rings (SSSR count). The second-order valence-electron chi connectivity index (χ2n) is 6.80. The molecule has 1 unspecified atom stereocenters. The number of nitrogens with zero attached hydrogens (tertiary/aromatic N) is 1. The van der Waals surface area contributed by atoms with Crippen molar-refractivity contribution in [2.45, 2.75) is 36.6 Å². The smallest absolute Gasteiger partial charge is 0.246 e. The van der Waals surface area contributed by atoms with Gasteiger partial charge in [0.2, 0.25) is 15.9 Å². The number of carbonyl (C=O) groups is 1. The predicted octanol–water partition coefficient (Wildman–Crippen LogP) is 1.23. The monoisotopic (exact) mass is 387 g/mol. The van der Waals surface area contributed by atoms with E-state index in [1.165, 1.54) is 0 Å². The van der Waals surface area contributed by atoms with Crippen molar-refractivity contribution in [3.05, 3.63) is 29.8 Å². The van der Waals surface area contributed by atoms with Crippen molar-refractivity contribution in [2.75, 3.05) is 26.2 Å². The van der Waals surface area contributed by atoms with Crippen molar-refractivity contribution in [1.82, 2.24) is 14.9 Å². The molecule has 9 heteroatoms. The molecule has 0 bridgehead atoms. The van der Waals surface area contributed by atoms with Gasteiger partial charge in [-0.3, -0.25) is 4.79 Å². The van der Waals surface area contributed by atoms with E-state index in [2.05, 4.69) is 10.6 Å². The molecular weight excluding hydrogens is 364 g/mol. The van der Waals surface area contributed by atoms with E-state index in [4.69, 9.17) is 0 Å². The molecule has 1 amide bonds. The first-order chi connectivity index (χ1) is 12.4. The summed E-state index contributed by atoms with van der Waals surface area (Å²) in [6.07, 6.45) is 2.68. The van der Waals surface area contributed by atoms with Crippen molar-refractivity contribution in [2.24, 2.45) is 5.92 Å². The Kier molecular flexibility index (Phi) is 5.89. The molecule has 2 aliphatic rings. The third kappa shape index (κ3) is 4.21. The van der Waals surface area contributed by atoms with Gasteiger partial charge in [0.15, 0.2) is 0 Å². The fourth-order valence-electron chi connectivity index (χ4n) is 3.47. The highest BCUT2D eigenvalue weighted by atomic mass is 32.2. The second-order valence-corrected chi connectivity index (χ2v) is 8.71. The van der Waals surface area contributed by atoms with Gasteiger partial charge in [-0.25, -0.2) is 17.2 Å². The Bertz CT molecular complexity index is 759. The number of halogens is 2. The van der Waals surface area contributed by atoms with Crippen LogP contribution < -0.4 is 10.6 Å². The summed E-state index contributed by atoms with van der Waals surface area (Å²) in [5.74, 6) is -2.11. The molecular formula is C17H23F2N3O3S. The van der Waals surface area contributed by atoms with Crippen LogP contribution in [0.5, 0.6) is 0 Å². The standard InChI is InChI=1S/C17H23F2N3O3S/c18-13-3-4-15(19)16(10-13)26(24,25)22-8-5-12(6-9-22)17(23)21-14-2-1-7-20-11-14/h3-4,10,12,14,20H,1-2,5-9,11H2,(H,21,23). The average Bonchev–Trinajstić information content (AvgIpc) is 2.64. The summed E-state index contributed by atoms with van der Waals surface area (Å²) >= 11 is 0. The fraction of sp³-hybridized carbons (Fsp3) is 0.588. The number of piperidine rings is 2. The van der Waals surface area contributed by atoms with Crippen LogP contribution in [0.1, 0.15) is 25.7 Å². The molecule has 0 saturated carbocycles. The van der Waals surface area contributed by atoms with Crippen LogP contribution >= 0.6 is 0 Å². The van der Waals surface area contributed by atoms with Crippen LogP contribution in [0.15, 0.2) is 23.1 Å². The zero-order chi connectivity index (χ0) is 18.7. The molecule has 2 heterocycles. The Morgan fingerprint density at radius 3 is 2.58 bits per heavy atom. The highest BCUT2D eigenvalue weighted by Gasteiger charge is 2.34. The first kappa shape index (κ1) is 19.2. The number of rotatable bonds is 4. The Balaban J connectivity index is 1.60. The van der Waals surface area contributed by atoms with Gasteiger partial charge in [0.25, 0.3) is 0 Å². The van der Waals surface area contributed by atoms with E-state index in [-0.39, 0.29) is 31.0 Å². The van der Waals surface area contributed by atoms with Gasteiger partial charge in [-0.05, 0) is 50.4 Å². The van der Waals surface area contributed by atoms with E-state index >= 15 is 0 Å². The van der Waals surface area contributed by atoms with Gasteiger partial charge in [0, 0.05) is 31.6 Å². The predicted molar refractivity (Wildman–Crippen MR) is 91.9 cm³/mol. The van der Waals surface area contributed by atoms with Crippen LogP contribution in [0, 0.1) is 17.6 Å². The molecule has 2 saturated heterocycles. The van der Waals surface area contributed by atoms with Crippen LogP contribution in [-0.4, -0.2) is 50.9 Å². The molecule has 6 nitrogen and oxygen atoms in total. The normalized spacial score (nSPS) is 22.9. The first-order valence-electron chi connectivity index (χ1n) is 8.84. The highest BCUT2D eigenvalue weighted by Crippen LogP contribution is 2.26.